The molecule has 2 aromatic rings. The Kier molecular flexibility index (Phi) is 5.24. The first-order valence-corrected chi connectivity index (χ1v) is 6.86. The third-order valence-electron chi connectivity index (χ3n) is 3.21. The average molecular weight is 269 g/mol. The third-order valence-corrected chi connectivity index (χ3v) is 3.21. The van der Waals surface area contributed by atoms with Gasteiger partial charge in [-0.3, -0.25) is 14.8 Å². The summed E-state index contributed by atoms with van der Waals surface area (Å²) in [5, 5.41) is 0. The van der Waals surface area contributed by atoms with E-state index in [4.69, 9.17) is 0 Å². The fourth-order valence-electron chi connectivity index (χ4n) is 2.04. The Hall–Kier alpha value is -2.23. The maximum absolute atomic E-state index is 12.2. The van der Waals surface area contributed by atoms with Gasteiger partial charge in [0.05, 0.1) is 6.42 Å². The number of carbonyl (C=O) groups excluding carboxylic acids is 1. The highest BCUT2D eigenvalue weighted by molar-refractivity contribution is 5.78. The van der Waals surface area contributed by atoms with E-state index in [1.165, 1.54) is 5.56 Å². The van der Waals surface area contributed by atoms with Crippen molar-refractivity contribution in [1.29, 1.82) is 0 Å². The molecule has 20 heavy (non-hydrogen) atoms. The first kappa shape index (κ1) is 14.2. The number of likely N-dealkylation sites (N-methyl/N-ethyl adjacent to an activating group) is 1. The van der Waals surface area contributed by atoms with Crippen LogP contribution in [-0.4, -0.2) is 33.9 Å². The van der Waals surface area contributed by atoms with Crippen LogP contribution < -0.4 is 0 Å². The fourth-order valence-corrected chi connectivity index (χ4v) is 2.04. The summed E-state index contributed by atoms with van der Waals surface area (Å²) < 4.78 is 0. The predicted molar refractivity (Wildman–Crippen MR) is 78.1 cm³/mol. The molecule has 0 spiro atoms. The second-order valence-electron chi connectivity index (χ2n) is 4.58. The van der Waals surface area contributed by atoms with Gasteiger partial charge in [-0.15, -0.1) is 0 Å². The molecule has 104 valence electrons. The summed E-state index contributed by atoms with van der Waals surface area (Å²) in [6.45, 7) is 3.45. The van der Waals surface area contributed by atoms with Gasteiger partial charge in [-0.05, 0) is 43.2 Å². The number of hydrogen-bond acceptors (Lipinski definition) is 3. The quantitative estimate of drug-likeness (QED) is 0.807. The largest absolute Gasteiger partial charge is 0.342 e. The number of aromatic nitrogens is 2. The molecule has 4 nitrogen and oxygen atoms in total. The van der Waals surface area contributed by atoms with Crippen LogP contribution in [0, 0.1) is 0 Å². The molecule has 0 N–H and O–H groups in total. The summed E-state index contributed by atoms with van der Waals surface area (Å²) in [5.74, 6) is 0.125. The van der Waals surface area contributed by atoms with Crippen molar-refractivity contribution in [2.75, 3.05) is 13.1 Å². The number of hydrogen-bond donors (Lipinski definition) is 0. The average Bonchev–Trinajstić information content (AvgIpc) is 2.50. The fraction of sp³-hybridized carbons (Fsp3) is 0.312. The van der Waals surface area contributed by atoms with Crippen molar-refractivity contribution in [2.45, 2.75) is 19.8 Å². The van der Waals surface area contributed by atoms with Gasteiger partial charge < -0.3 is 4.90 Å². The molecule has 0 fully saturated rings. The summed E-state index contributed by atoms with van der Waals surface area (Å²) in [6.07, 6.45) is 6.49. The van der Waals surface area contributed by atoms with Crippen LogP contribution in [0.25, 0.3) is 0 Å². The molecule has 0 saturated heterocycles. The summed E-state index contributed by atoms with van der Waals surface area (Å²) in [6, 6.07) is 9.61. The molecule has 0 radical (unpaired) electrons. The summed E-state index contributed by atoms with van der Waals surface area (Å²) in [4.78, 5) is 22.3. The van der Waals surface area contributed by atoms with Crippen LogP contribution in [0.15, 0.2) is 48.9 Å². The Morgan fingerprint density at radius 2 is 1.95 bits per heavy atom. The van der Waals surface area contributed by atoms with Crippen molar-refractivity contribution >= 4 is 5.91 Å². The Morgan fingerprint density at radius 3 is 2.60 bits per heavy atom. The molecule has 0 aliphatic rings. The second-order valence-corrected chi connectivity index (χ2v) is 4.58. The van der Waals surface area contributed by atoms with Crippen molar-refractivity contribution in [2.24, 2.45) is 0 Å². The molecule has 0 saturated carbocycles. The van der Waals surface area contributed by atoms with E-state index < -0.39 is 0 Å². The van der Waals surface area contributed by atoms with Crippen molar-refractivity contribution < 1.29 is 4.79 Å². The van der Waals surface area contributed by atoms with Gasteiger partial charge in [0, 0.05) is 37.4 Å². The number of rotatable bonds is 6. The summed E-state index contributed by atoms with van der Waals surface area (Å²) in [7, 11) is 0. The lowest BCUT2D eigenvalue weighted by Gasteiger charge is -2.20. The Labute approximate surface area is 119 Å². The third kappa shape index (κ3) is 4.16. The van der Waals surface area contributed by atoms with Gasteiger partial charge in [-0.2, -0.15) is 0 Å². The molecule has 2 aromatic heterocycles. The van der Waals surface area contributed by atoms with Gasteiger partial charge in [-0.25, -0.2) is 0 Å². The van der Waals surface area contributed by atoms with Crippen LogP contribution in [-0.2, 0) is 17.6 Å². The predicted octanol–water partition coefficient (Wildman–Crippen LogP) is 2.11. The molecule has 2 heterocycles. The van der Waals surface area contributed by atoms with Crippen molar-refractivity contribution in [3.63, 3.8) is 0 Å². The molecule has 0 aliphatic carbocycles. The van der Waals surface area contributed by atoms with Crippen LogP contribution in [0.4, 0.5) is 0 Å². The van der Waals surface area contributed by atoms with E-state index in [0.717, 1.165) is 25.2 Å². The maximum Gasteiger partial charge on any atom is 0.228 e. The van der Waals surface area contributed by atoms with Gasteiger partial charge >= 0.3 is 0 Å². The molecular weight excluding hydrogens is 250 g/mol. The zero-order valence-corrected chi connectivity index (χ0v) is 11.7. The minimum absolute atomic E-state index is 0.125. The van der Waals surface area contributed by atoms with Gasteiger partial charge in [0.2, 0.25) is 5.91 Å². The van der Waals surface area contributed by atoms with Gasteiger partial charge in [-0.1, -0.05) is 6.07 Å². The second kappa shape index (κ2) is 7.38. The van der Waals surface area contributed by atoms with Crippen LogP contribution in [0.3, 0.4) is 0 Å². The number of pyridine rings is 2. The molecule has 0 aromatic carbocycles. The highest BCUT2D eigenvalue weighted by Crippen LogP contribution is 2.03. The first-order chi connectivity index (χ1) is 9.79. The SMILES string of the molecule is CCN(CCc1ccncc1)C(=O)Cc1ccccn1. The van der Waals surface area contributed by atoms with E-state index in [0.29, 0.717) is 6.42 Å². The van der Waals surface area contributed by atoms with Crippen molar-refractivity contribution in [3.8, 4) is 0 Å². The van der Waals surface area contributed by atoms with E-state index in [2.05, 4.69) is 9.97 Å². The van der Waals surface area contributed by atoms with Crippen LogP contribution in [0.5, 0.6) is 0 Å². The summed E-state index contributed by atoms with van der Waals surface area (Å²) >= 11 is 0. The zero-order chi connectivity index (χ0) is 14.2. The normalized spacial score (nSPS) is 10.2. The minimum atomic E-state index is 0.125. The van der Waals surface area contributed by atoms with Crippen molar-refractivity contribution in [3.05, 3.63) is 60.2 Å². The lowest BCUT2D eigenvalue weighted by Crippen LogP contribution is -2.34. The Morgan fingerprint density at radius 1 is 1.15 bits per heavy atom. The Balaban J connectivity index is 1.89. The molecule has 0 atom stereocenters. The monoisotopic (exact) mass is 269 g/mol. The molecule has 1 amide bonds. The standard InChI is InChI=1S/C16H19N3O/c1-2-19(12-8-14-6-10-17-11-7-14)16(20)13-15-5-3-4-9-18-15/h3-7,9-11H,2,8,12-13H2,1H3. The topological polar surface area (TPSA) is 46.1 Å². The smallest absolute Gasteiger partial charge is 0.228 e. The molecule has 4 heteroatoms. The molecule has 0 bridgehead atoms. The van der Waals surface area contributed by atoms with E-state index in [1.807, 2.05) is 42.2 Å². The van der Waals surface area contributed by atoms with E-state index in [1.54, 1.807) is 18.6 Å². The van der Waals surface area contributed by atoms with Crippen LogP contribution in [0.2, 0.25) is 0 Å². The van der Waals surface area contributed by atoms with Crippen molar-refractivity contribution in [1.82, 2.24) is 14.9 Å². The van der Waals surface area contributed by atoms with Gasteiger partial charge in [0.1, 0.15) is 0 Å². The molecule has 0 unspecified atom stereocenters. The van der Waals surface area contributed by atoms with Gasteiger partial charge in [0.25, 0.3) is 0 Å². The lowest BCUT2D eigenvalue weighted by molar-refractivity contribution is -0.130. The van der Waals surface area contributed by atoms with E-state index in [-0.39, 0.29) is 5.91 Å². The minimum Gasteiger partial charge on any atom is -0.342 e. The maximum atomic E-state index is 12.2. The van der Waals surface area contributed by atoms with E-state index >= 15 is 0 Å². The highest BCUT2D eigenvalue weighted by atomic mass is 16.2. The van der Waals surface area contributed by atoms with E-state index in [9.17, 15) is 4.79 Å². The Bertz CT molecular complexity index is 528. The number of amides is 1. The number of nitrogens with zero attached hydrogens (tertiary/aromatic N) is 3. The van der Waals surface area contributed by atoms with Gasteiger partial charge in [0.15, 0.2) is 0 Å². The molecular formula is C16H19N3O. The lowest BCUT2D eigenvalue weighted by atomic mass is 10.2. The molecule has 2 rings (SSSR count). The first-order valence-electron chi connectivity index (χ1n) is 6.86. The highest BCUT2D eigenvalue weighted by Gasteiger charge is 2.12. The van der Waals surface area contributed by atoms with Crippen LogP contribution >= 0.6 is 0 Å². The summed E-state index contributed by atoms with van der Waals surface area (Å²) in [5.41, 5.74) is 2.02. The number of carbonyl (C=O) groups is 1. The van der Waals surface area contributed by atoms with Crippen LogP contribution in [0.1, 0.15) is 18.2 Å². The molecule has 0 aliphatic heterocycles. The zero-order valence-electron chi connectivity index (χ0n) is 11.7.